The van der Waals surface area contributed by atoms with Crippen LogP contribution in [0, 0.1) is 0 Å². The van der Waals surface area contributed by atoms with Crippen LogP contribution in [0.3, 0.4) is 0 Å². The van der Waals surface area contributed by atoms with Gasteiger partial charge in [0.1, 0.15) is 5.75 Å². The highest BCUT2D eigenvalue weighted by Crippen LogP contribution is 2.23. The number of aryl methyl sites for hydroxylation is 1. The molecule has 0 aromatic heterocycles. The number of hydrogen-bond acceptors (Lipinski definition) is 2. The average molecular weight is 352 g/mol. The number of amides is 1. The van der Waals surface area contributed by atoms with Gasteiger partial charge in [-0.1, -0.05) is 41.4 Å². The zero-order valence-corrected chi connectivity index (χ0v) is 14.5. The van der Waals surface area contributed by atoms with Crippen molar-refractivity contribution in [2.24, 2.45) is 0 Å². The molecular formula is C18H19Cl2NO2. The minimum absolute atomic E-state index is 0.0320. The SMILES string of the molecule is COc1ccc(CCNC(=O)CCc2ccc(Cl)c(Cl)c2)cc1. The highest BCUT2D eigenvalue weighted by atomic mass is 35.5. The third kappa shape index (κ3) is 5.77. The van der Waals surface area contributed by atoms with Crippen molar-refractivity contribution in [3.8, 4) is 5.75 Å². The molecular weight excluding hydrogens is 333 g/mol. The molecule has 2 aromatic carbocycles. The van der Waals surface area contributed by atoms with Gasteiger partial charge in [-0.15, -0.1) is 0 Å². The summed E-state index contributed by atoms with van der Waals surface area (Å²) in [5, 5.41) is 3.97. The number of carbonyl (C=O) groups is 1. The van der Waals surface area contributed by atoms with Crippen LogP contribution in [-0.4, -0.2) is 19.6 Å². The van der Waals surface area contributed by atoms with Crippen LogP contribution in [0.4, 0.5) is 0 Å². The van der Waals surface area contributed by atoms with Crippen molar-refractivity contribution in [1.29, 1.82) is 0 Å². The van der Waals surface area contributed by atoms with E-state index in [1.54, 1.807) is 19.2 Å². The predicted molar refractivity (Wildman–Crippen MR) is 94.5 cm³/mol. The molecule has 0 spiro atoms. The molecule has 2 rings (SSSR count). The first kappa shape index (κ1) is 17.6. The van der Waals surface area contributed by atoms with Crippen molar-refractivity contribution in [3.05, 3.63) is 63.6 Å². The molecule has 0 atom stereocenters. The van der Waals surface area contributed by atoms with Gasteiger partial charge in [-0.05, 0) is 48.2 Å². The predicted octanol–water partition coefficient (Wildman–Crippen LogP) is 4.29. The third-order valence-corrected chi connectivity index (χ3v) is 4.26. The summed E-state index contributed by atoms with van der Waals surface area (Å²) in [4.78, 5) is 11.9. The number of methoxy groups -OCH3 is 1. The van der Waals surface area contributed by atoms with E-state index >= 15 is 0 Å². The lowest BCUT2D eigenvalue weighted by Crippen LogP contribution is -2.25. The molecule has 0 fully saturated rings. The van der Waals surface area contributed by atoms with Crippen LogP contribution in [-0.2, 0) is 17.6 Å². The van der Waals surface area contributed by atoms with Crippen molar-refractivity contribution >= 4 is 29.1 Å². The maximum absolute atomic E-state index is 11.9. The number of rotatable bonds is 7. The molecule has 0 unspecified atom stereocenters. The maximum Gasteiger partial charge on any atom is 0.220 e. The number of benzene rings is 2. The van der Waals surface area contributed by atoms with E-state index in [1.165, 1.54) is 0 Å². The molecule has 0 aliphatic rings. The van der Waals surface area contributed by atoms with Crippen LogP contribution in [0.15, 0.2) is 42.5 Å². The number of nitrogens with one attached hydrogen (secondary N) is 1. The average Bonchev–Trinajstić information content (AvgIpc) is 2.56. The van der Waals surface area contributed by atoms with Crippen LogP contribution in [0.1, 0.15) is 17.5 Å². The van der Waals surface area contributed by atoms with Gasteiger partial charge in [0.2, 0.25) is 5.91 Å². The highest BCUT2D eigenvalue weighted by molar-refractivity contribution is 6.42. The monoisotopic (exact) mass is 351 g/mol. The fraction of sp³-hybridized carbons (Fsp3) is 0.278. The molecule has 5 heteroatoms. The van der Waals surface area contributed by atoms with Crippen LogP contribution < -0.4 is 10.1 Å². The second-order valence-electron chi connectivity index (χ2n) is 5.20. The summed E-state index contributed by atoms with van der Waals surface area (Å²) in [6.07, 6.45) is 1.87. The van der Waals surface area contributed by atoms with Crippen molar-refractivity contribution in [2.75, 3.05) is 13.7 Å². The Hall–Kier alpha value is -1.71. The van der Waals surface area contributed by atoms with E-state index < -0.39 is 0 Å². The van der Waals surface area contributed by atoms with E-state index in [0.29, 0.717) is 29.4 Å². The van der Waals surface area contributed by atoms with Gasteiger partial charge < -0.3 is 10.1 Å². The quantitative estimate of drug-likeness (QED) is 0.807. The maximum atomic E-state index is 11.9. The van der Waals surface area contributed by atoms with E-state index in [-0.39, 0.29) is 5.91 Å². The second-order valence-corrected chi connectivity index (χ2v) is 6.01. The Labute approximate surface area is 146 Å². The minimum Gasteiger partial charge on any atom is -0.497 e. The van der Waals surface area contributed by atoms with Gasteiger partial charge in [0.05, 0.1) is 17.2 Å². The molecule has 122 valence electrons. The topological polar surface area (TPSA) is 38.3 Å². The van der Waals surface area contributed by atoms with Gasteiger partial charge in [-0.2, -0.15) is 0 Å². The molecule has 0 radical (unpaired) electrons. The summed E-state index contributed by atoms with van der Waals surface area (Å²) in [6, 6.07) is 13.3. The normalized spacial score (nSPS) is 10.4. The van der Waals surface area contributed by atoms with E-state index in [0.717, 1.165) is 23.3 Å². The lowest BCUT2D eigenvalue weighted by atomic mass is 10.1. The van der Waals surface area contributed by atoms with Crippen LogP contribution in [0.25, 0.3) is 0 Å². The Bertz CT molecular complexity index is 657. The van der Waals surface area contributed by atoms with E-state index in [2.05, 4.69) is 5.32 Å². The van der Waals surface area contributed by atoms with E-state index in [4.69, 9.17) is 27.9 Å². The van der Waals surface area contributed by atoms with E-state index in [1.807, 2.05) is 30.3 Å². The number of halogens is 2. The van der Waals surface area contributed by atoms with Crippen molar-refractivity contribution in [2.45, 2.75) is 19.3 Å². The number of carbonyl (C=O) groups excluding carboxylic acids is 1. The van der Waals surface area contributed by atoms with Crippen molar-refractivity contribution < 1.29 is 9.53 Å². The molecule has 0 saturated carbocycles. The molecule has 0 heterocycles. The lowest BCUT2D eigenvalue weighted by molar-refractivity contribution is -0.121. The molecule has 0 bridgehead atoms. The standard InChI is InChI=1S/C18H19Cl2NO2/c1-23-15-6-2-13(3-7-15)10-11-21-18(22)9-5-14-4-8-16(19)17(20)12-14/h2-4,6-8,12H,5,9-11H2,1H3,(H,21,22). The molecule has 0 aliphatic heterocycles. The minimum atomic E-state index is 0.0320. The number of hydrogen-bond donors (Lipinski definition) is 1. The fourth-order valence-electron chi connectivity index (χ4n) is 2.18. The Morgan fingerprint density at radius 3 is 2.35 bits per heavy atom. The highest BCUT2D eigenvalue weighted by Gasteiger charge is 2.04. The summed E-state index contributed by atoms with van der Waals surface area (Å²) < 4.78 is 5.11. The Morgan fingerprint density at radius 1 is 1.00 bits per heavy atom. The van der Waals surface area contributed by atoms with Gasteiger partial charge in [0.25, 0.3) is 0 Å². The molecule has 3 nitrogen and oxygen atoms in total. The molecule has 1 amide bonds. The largest absolute Gasteiger partial charge is 0.497 e. The molecule has 2 aromatic rings. The summed E-state index contributed by atoms with van der Waals surface area (Å²) in [7, 11) is 1.64. The first-order valence-electron chi connectivity index (χ1n) is 7.42. The fourth-order valence-corrected chi connectivity index (χ4v) is 2.50. The van der Waals surface area contributed by atoms with Crippen LogP contribution in [0.5, 0.6) is 5.75 Å². The molecule has 0 saturated heterocycles. The summed E-state index contributed by atoms with van der Waals surface area (Å²) in [5.41, 5.74) is 2.17. The zero-order chi connectivity index (χ0) is 16.7. The molecule has 23 heavy (non-hydrogen) atoms. The van der Waals surface area contributed by atoms with E-state index in [9.17, 15) is 4.79 Å². The van der Waals surface area contributed by atoms with Crippen LogP contribution >= 0.6 is 23.2 Å². The van der Waals surface area contributed by atoms with Gasteiger partial charge >= 0.3 is 0 Å². The molecule has 1 N–H and O–H groups in total. The summed E-state index contributed by atoms with van der Waals surface area (Å²) >= 11 is 11.8. The Kier molecular flexibility index (Phi) is 6.75. The molecule has 0 aliphatic carbocycles. The van der Waals surface area contributed by atoms with Gasteiger partial charge in [0.15, 0.2) is 0 Å². The smallest absolute Gasteiger partial charge is 0.220 e. The Morgan fingerprint density at radius 2 is 1.70 bits per heavy atom. The summed E-state index contributed by atoms with van der Waals surface area (Å²) in [5.74, 6) is 0.865. The van der Waals surface area contributed by atoms with Crippen LogP contribution in [0.2, 0.25) is 10.0 Å². The lowest BCUT2D eigenvalue weighted by Gasteiger charge is -2.07. The zero-order valence-electron chi connectivity index (χ0n) is 12.9. The Balaban J connectivity index is 1.71. The van der Waals surface area contributed by atoms with Crippen molar-refractivity contribution in [3.63, 3.8) is 0 Å². The van der Waals surface area contributed by atoms with Gasteiger partial charge in [-0.25, -0.2) is 0 Å². The summed E-state index contributed by atoms with van der Waals surface area (Å²) in [6.45, 7) is 0.618. The van der Waals surface area contributed by atoms with Gasteiger partial charge in [0, 0.05) is 13.0 Å². The van der Waals surface area contributed by atoms with Gasteiger partial charge in [-0.3, -0.25) is 4.79 Å². The first-order chi connectivity index (χ1) is 11.1. The third-order valence-electron chi connectivity index (χ3n) is 3.52. The van der Waals surface area contributed by atoms with Crippen molar-refractivity contribution in [1.82, 2.24) is 5.32 Å². The number of ether oxygens (including phenoxy) is 1. The first-order valence-corrected chi connectivity index (χ1v) is 8.17. The second kappa shape index (κ2) is 8.80.